The third-order valence-electron chi connectivity index (χ3n) is 6.30. The number of nitrogens with one attached hydrogen (secondary N) is 1. The number of fused-ring (bicyclic) bond motifs is 1. The number of anilines is 1. The Balaban J connectivity index is 1.40. The van der Waals surface area contributed by atoms with Gasteiger partial charge in [0.2, 0.25) is 0 Å². The Labute approximate surface area is 183 Å². The average molecular weight is 418 g/mol. The fourth-order valence-electron chi connectivity index (χ4n) is 4.61. The Morgan fingerprint density at radius 3 is 2.65 bits per heavy atom. The van der Waals surface area contributed by atoms with Gasteiger partial charge in [0.15, 0.2) is 6.29 Å². The number of imidazole rings is 1. The van der Waals surface area contributed by atoms with Crippen molar-refractivity contribution < 1.29 is 0 Å². The molecule has 1 atom stereocenters. The summed E-state index contributed by atoms with van der Waals surface area (Å²) in [6, 6.07) is 10.4. The summed E-state index contributed by atoms with van der Waals surface area (Å²) < 4.78 is 1.94. The van der Waals surface area contributed by atoms with Gasteiger partial charge in [-0.2, -0.15) is 5.10 Å². The Bertz CT molecular complexity index is 1030. The molecule has 3 aromatic rings. The van der Waals surface area contributed by atoms with Crippen molar-refractivity contribution in [3.05, 3.63) is 54.1 Å². The van der Waals surface area contributed by atoms with Crippen LogP contribution in [0.3, 0.4) is 0 Å². The lowest BCUT2D eigenvalue weighted by molar-refractivity contribution is 0.160. The third-order valence-corrected chi connectivity index (χ3v) is 6.30. The van der Waals surface area contributed by atoms with Crippen molar-refractivity contribution in [1.82, 2.24) is 24.6 Å². The molecule has 0 radical (unpaired) electrons. The minimum absolute atomic E-state index is 0.0329. The summed E-state index contributed by atoms with van der Waals surface area (Å²) >= 11 is 0. The molecule has 4 heterocycles. The average Bonchev–Trinajstić information content (AvgIpc) is 3.46. The lowest BCUT2D eigenvalue weighted by atomic mass is 10.1. The summed E-state index contributed by atoms with van der Waals surface area (Å²) in [6.07, 6.45) is 10.5. The van der Waals surface area contributed by atoms with Crippen molar-refractivity contribution >= 4 is 12.2 Å². The fourth-order valence-corrected chi connectivity index (χ4v) is 4.61. The topological polar surface area (TPSA) is 65.3 Å². The summed E-state index contributed by atoms with van der Waals surface area (Å²) in [5.74, 6) is 2.59. The van der Waals surface area contributed by atoms with E-state index in [-0.39, 0.29) is 6.29 Å². The van der Waals surface area contributed by atoms with Crippen LogP contribution < -0.4 is 4.90 Å². The molecule has 0 amide bonds. The zero-order valence-electron chi connectivity index (χ0n) is 18.4. The van der Waals surface area contributed by atoms with E-state index in [1.165, 1.54) is 30.6 Å². The molecule has 1 saturated heterocycles. The van der Waals surface area contributed by atoms with Crippen LogP contribution in [0.5, 0.6) is 0 Å². The van der Waals surface area contributed by atoms with Gasteiger partial charge in [0.25, 0.3) is 0 Å². The third kappa shape index (κ3) is 4.02. The van der Waals surface area contributed by atoms with Crippen LogP contribution in [0, 0.1) is 0 Å². The van der Waals surface area contributed by atoms with Crippen LogP contribution in [-0.4, -0.2) is 56.9 Å². The number of aromatic amines is 1. The second-order valence-electron chi connectivity index (χ2n) is 8.78. The van der Waals surface area contributed by atoms with Gasteiger partial charge in [-0.25, -0.2) is 14.7 Å². The summed E-state index contributed by atoms with van der Waals surface area (Å²) in [5, 5.41) is 4.59. The first-order valence-corrected chi connectivity index (χ1v) is 11.4. The highest BCUT2D eigenvalue weighted by atomic mass is 15.5. The number of aromatic nitrogens is 4. The Morgan fingerprint density at radius 1 is 1.06 bits per heavy atom. The van der Waals surface area contributed by atoms with Crippen LogP contribution in [0.2, 0.25) is 0 Å². The van der Waals surface area contributed by atoms with Crippen LogP contribution in [-0.2, 0) is 6.42 Å². The molecule has 31 heavy (non-hydrogen) atoms. The molecule has 7 nitrogen and oxygen atoms in total. The van der Waals surface area contributed by atoms with E-state index in [1.54, 1.807) is 0 Å². The van der Waals surface area contributed by atoms with Crippen LogP contribution in [0.4, 0.5) is 5.82 Å². The van der Waals surface area contributed by atoms with Gasteiger partial charge in [-0.05, 0) is 24.3 Å². The van der Waals surface area contributed by atoms with E-state index in [0.717, 1.165) is 43.1 Å². The highest BCUT2D eigenvalue weighted by Gasteiger charge is 2.33. The second-order valence-corrected chi connectivity index (χ2v) is 8.78. The predicted molar refractivity (Wildman–Crippen MR) is 124 cm³/mol. The quantitative estimate of drug-likeness (QED) is 0.656. The van der Waals surface area contributed by atoms with Crippen LogP contribution in [0.15, 0.2) is 47.7 Å². The molecule has 2 aromatic heterocycles. The van der Waals surface area contributed by atoms with Gasteiger partial charge in [0, 0.05) is 31.6 Å². The lowest BCUT2D eigenvalue weighted by Gasteiger charge is -2.42. The number of nitrogens with zero attached hydrogens (tertiary/aromatic N) is 6. The van der Waals surface area contributed by atoms with Crippen molar-refractivity contribution in [1.29, 1.82) is 0 Å². The summed E-state index contributed by atoms with van der Waals surface area (Å²) in [7, 11) is 0. The normalized spacial score (nSPS) is 19.2. The van der Waals surface area contributed by atoms with Crippen molar-refractivity contribution in [3.63, 3.8) is 0 Å². The molecule has 1 aromatic carbocycles. The van der Waals surface area contributed by atoms with E-state index in [1.807, 2.05) is 29.5 Å². The van der Waals surface area contributed by atoms with Gasteiger partial charge in [0.05, 0.1) is 18.1 Å². The monoisotopic (exact) mass is 417 g/mol. The molecule has 0 spiro atoms. The minimum Gasteiger partial charge on any atom is -0.342 e. The van der Waals surface area contributed by atoms with Gasteiger partial charge in [-0.15, -0.1) is 0 Å². The van der Waals surface area contributed by atoms with E-state index in [0.29, 0.717) is 5.92 Å². The largest absolute Gasteiger partial charge is 0.342 e. The Kier molecular flexibility index (Phi) is 5.59. The standard InChI is InChI=1S/C24H31N7/c1-18(2)20-15-27-31-17-26-24(29-12-7-4-8-13-29)30(23(20)31)14-11-22-25-16-21(28-22)19-9-5-3-6-10-19/h3,5-6,9-10,15-18,24H,4,7-8,11-14H2,1-2H3,(H,25,28). The molecule has 0 bridgehead atoms. The maximum Gasteiger partial charge on any atom is 0.181 e. The lowest BCUT2D eigenvalue weighted by Crippen LogP contribution is -2.52. The number of benzene rings is 1. The van der Waals surface area contributed by atoms with E-state index < -0.39 is 0 Å². The zero-order valence-corrected chi connectivity index (χ0v) is 18.4. The zero-order chi connectivity index (χ0) is 21.2. The fraction of sp³-hybridized carbons (Fsp3) is 0.458. The number of hydrogen-bond acceptors (Lipinski definition) is 5. The van der Waals surface area contributed by atoms with Crippen molar-refractivity contribution in [3.8, 4) is 11.3 Å². The molecule has 162 valence electrons. The van der Waals surface area contributed by atoms with E-state index in [4.69, 9.17) is 4.99 Å². The number of rotatable bonds is 6. The molecule has 2 aliphatic rings. The number of likely N-dealkylation sites (tertiary alicyclic amines) is 1. The van der Waals surface area contributed by atoms with E-state index >= 15 is 0 Å². The van der Waals surface area contributed by atoms with Gasteiger partial charge in [-0.3, -0.25) is 4.90 Å². The highest BCUT2D eigenvalue weighted by molar-refractivity contribution is 5.70. The smallest absolute Gasteiger partial charge is 0.181 e. The number of hydrogen-bond donors (Lipinski definition) is 1. The van der Waals surface area contributed by atoms with Crippen molar-refractivity contribution in [2.45, 2.75) is 51.7 Å². The van der Waals surface area contributed by atoms with Gasteiger partial charge >= 0.3 is 0 Å². The summed E-state index contributed by atoms with van der Waals surface area (Å²) in [4.78, 5) is 18.0. The molecular weight excluding hydrogens is 386 g/mol. The molecule has 2 aliphatic heterocycles. The predicted octanol–water partition coefficient (Wildman–Crippen LogP) is 4.11. The van der Waals surface area contributed by atoms with E-state index in [9.17, 15) is 0 Å². The molecule has 0 aliphatic carbocycles. The van der Waals surface area contributed by atoms with Gasteiger partial charge in [0.1, 0.15) is 18.0 Å². The molecule has 1 fully saturated rings. The second kappa shape index (κ2) is 8.67. The molecular formula is C24H31N7. The molecule has 7 heteroatoms. The molecule has 1 unspecified atom stereocenters. The van der Waals surface area contributed by atoms with E-state index in [2.05, 4.69) is 63.0 Å². The number of H-pyrrole nitrogens is 1. The highest BCUT2D eigenvalue weighted by Crippen LogP contribution is 2.32. The van der Waals surface area contributed by atoms with Gasteiger partial charge in [-0.1, -0.05) is 50.6 Å². The first-order chi connectivity index (χ1) is 15.2. The molecule has 5 rings (SSSR count). The summed E-state index contributed by atoms with van der Waals surface area (Å²) in [6.45, 7) is 7.50. The summed E-state index contributed by atoms with van der Waals surface area (Å²) in [5.41, 5.74) is 3.50. The van der Waals surface area contributed by atoms with Crippen molar-refractivity contribution in [2.75, 3.05) is 24.5 Å². The maximum atomic E-state index is 4.91. The Hall–Kier alpha value is -2.93. The van der Waals surface area contributed by atoms with Gasteiger partial charge < -0.3 is 9.88 Å². The first kappa shape index (κ1) is 20.0. The maximum absolute atomic E-state index is 4.91. The molecule has 1 N–H and O–H groups in total. The molecule has 0 saturated carbocycles. The SMILES string of the molecule is CC(C)c1cnn2c1N(CCc1ncc(-c3ccccc3)[nH]1)C(N1CCCCC1)N=C2. The first-order valence-electron chi connectivity index (χ1n) is 11.4. The Morgan fingerprint density at radius 2 is 1.87 bits per heavy atom. The van der Waals surface area contributed by atoms with Crippen LogP contribution >= 0.6 is 0 Å². The van der Waals surface area contributed by atoms with Crippen molar-refractivity contribution in [2.24, 2.45) is 4.99 Å². The van der Waals surface area contributed by atoms with Crippen LogP contribution in [0.1, 0.15) is 50.4 Å². The van der Waals surface area contributed by atoms with Crippen LogP contribution in [0.25, 0.3) is 11.3 Å². The number of aliphatic imine (C=N–C) groups is 1. The minimum atomic E-state index is 0.0329. The number of piperidine rings is 1.